The smallest absolute Gasteiger partial charge is 0.262 e. The molecule has 0 bridgehead atoms. The third-order valence-corrected chi connectivity index (χ3v) is 5.29. The van der Waals surface area contributed by atoms with Crippen molar-refractivity contribution in [2.45, 2.75) is 32.0 Å². The Morgan fingerprint density at radius 3 is 2.77 bits per heavy atom. The van der Waals surface area contributed by atoms with Crippen molar-refractivity contribution in [1.82, 2.24) is 10.2 Å². The van der Waals surface area contributed by atoms with E-state index in [1.807, 2.05) is 0 Å². The van der Waals surface area contributed by atoms with Crippen LogP contribution in [0, 0.1) is 0 Å². The van der Waals surface area contributed by atoms with Crippen LogP contribution >= 0.6 is 0 Å². The Hall–Kier alpha value is -3.72. The molecule has 3 N–H and O–H groups in total. The van der Waals surface area contributed by atoms with Crippen molar-refractivity contribution in [3.05, 3.63) is 59.2 Å². The van der Waals surface area contributed by atoms with Gasteiger partial charge in [0.2, 0.25) is 11.8 Å². The molecule has 4 rings (SSSR count). The molecule has 2 aromatic rings. The third kappa shape index (κ3) is 4.26. The van der Waals surface area contributed by atoms with Gasteiger partial charge >= 0.3 is 0 Å². The first kappa shape index (κ1) is 20.5. The molecule has 2 aliphatic rings. The number of amides is 4. The molecule has 1 atom stereocenters. The molecule has 2 aliphatic heterocycles. The van der Waals surface area contributed by atoms with E-state index in [1.54, 1.807) is 42.5 Å². The maximum atomic E-state index is 12.8. The summed E-state index contributed by atoms with van der Waals surface area (Å²) in [6.07, 6.45) is 0.452. The Balaban J connectivity index is 1.43. The first-order valence-corrected chi connectivity index (χ1v) is 9.85. The summed E-state index contributed by atoms with van der Waals surface area (Å²) in [6, 6.07) is 11.1. The molecule has 2 heterocycles. The molecule has 160 valence electrons. The second kappa shape index (κ2) is 8.57. The van der Waals surface area contributed by atoms with Crippen molar-refractivity contribution in [1.29, 1.82) is 0 Å². The predicted molar refractivity (Wildman–Crippen MR) is 109 cm³/mol. The number of imide groups is 1. The molecule has 0 aliphatic carbocycles. The zero-order valence-corrected chi connectivity index (χ0v) is 16.6. The molecule has 1 unspecified atom stereocenters. The Kier molecular flexibility index (Phi) is 5.68. The highest BCUT2D eigenvalue weighted by Gasteiger charge is 2.40. The fourth-order valence-electron chi connectivity index (χ4n) is 3.78. The molecular weight excluding hydrogens is 402 g/mol. The number of hydrogen-bond donors (Lipinski definition) is 3. The zero-order chi connectivity index (χ0) is 22.0. The van der Waals surface area contributed by atoms with E-state index in [1.165, 1.54) is 4.90 Å². The summed E-state index contributed by atoms with van der Waals surface area (Å²) in [5, 5.41) is 14.2. The highest BCUT2D eigenvalue weighted by molar-refractivity contribution is 6.05. The van der Waals surface area contributed by atoms with Crippen LogP contribution in [0.25, 0.3) is 0 Å². The summed E-state index contributed by atoms with van der Waals surface area (Å²) in [4.78, 5) is 50.1. The van der Waals surface area contributed by atoms with Crippen LogP contribution in [0.4, 0.5) is 5.69 Å². The number of aliphatic hydroxyl groups excluding tert-OH is 1. The second-order valence-electron chi connectivity index (χ2n) is 7.38. The summed E-state index contributed by atoms with van der Waals surface area (Å²) in [6.45, 7) is -0.239. The van der Waals surface area contributed by atoms with E-state index in [4.69, 9.17) is 4.74 Å². The predicted octanol–water partition coefficient (Wildman–Crippen LogP) is 0.957. The van der Waals surface area contributed by atoms with Gasteiger partial charge in [-0.15, -0.1) is 0 Å². The number of carbonyl (C=O) groups is 4. The van der Waals surface area contributed by atoms with Gasteiger partial charge in [-0.2, -0.15) is 0 Å². The molecular formula is C22H21N3O6. The van der Waals surface area contributed by atoms with E-state index < -0.39 is 11.9 Å². The van der Waals surface area contributed by atoms with E-state index in [-0.39, 0.29) is 50.3 Å². The van der Waals surface area contributed by atoms with Crippen molar-refractivity contribution < 1.29 is 29.0 Å². The normalized spacial score (nSPS) is 17.9. The summed E-state index contributed by atoms with van der Waals surface area (Å²) >= 11 is 0. The molecule has 0 spiro atoms. The number of nitrogens with zero attached hydrogens (tertiary/aromatic N) is 1. The lowest BCUT2D eigenvalue weighted by Gasteiger charge is -2.29. The van der Waals surface area contributed by atoms with Gasteiger partial charge in [-0.1, -0.05) is 18.2 Å². The fourth-order valence-corrected chi connectivity index (χ4v) is 3.78. The van der Waals surface area contributed by atoms with Gasteiger partial charge < -0.3 is 20.1 Å². The quantitative estimate of drug-likeness (QED) is 0.595. The topological polar surface area (TPSA) is 125 Å². The number of hydrogen-bond acceptors (Lipinski definition) is 6. The molecule has 1 saturated heterocycles. The number of rotatable bonds is 6. The standard InChI is InChI=1S/C22H21N3O6/c26-11-13-3-1-4-14(9-13)23-20(28)12-31-18-6-2-5-15-16(18)10-25(22(15)30)17-7-8-19(27)24-21(17)29/h1-6,9,17,26H,7-8,10-12H2,(H,23,28)(H,24,27,29). The average molecular weight is 423 g/mol. The van der Waals surface area contributed by atoms with Gasteiger partial charge in [-0.25, -0.2) is 0 Å². The number of ether oxygens (including phenoxy) is 1. The van der Waals surface area contributed by atoms with Crippen molar-refractivity contribution in [2.24, 2.45) is 0 Å². The maximum absolute atomic E-state index is 12.8. The summed E-state index contributed by atoms with van der Waals surface area (Å²) in [5.41, 5.74) is 2.23. The third-order valence-electron chi connectivity index (χ3n) is 5.29. The van der Waals surface area contributed by atoms with Crippen LogP contribution in [0.5, 0.6) is 5.75 Å². The van der Waals surface area contributed by atoms with Crippen molar-refractivity contribution in [2.75, 3.05) is 11.9 Å². The van der Waals surface area contributed by atoms with Gasteiger partial charge in [0.15, 0.2) is 6.61 Å². The van der Waals surface area contributed by atoms with Gasteiger partial charge in [0.25, 0.3) is 11.8 Å². The Bertz CT molecular complexity index is 1070. The number of carbonyl (C=O) groups excluding carboxylic acids is 4. The van der Waals surface area contributed by atoms with Crippen LogP contribution in [-0.4, -0.2) is 46.3 Å². The minimum Gasteiger partial charge on any atom is -0.483 e. The number of aliphatic hydroxyl groups is 1. The number of piperidine rings is 1. The lowest BCUT2D eigenvalue weighted by atomic mass is 10.0. The molecule has 31 heavy (non-hydrogen) atoms. The van der Waals surface area contributed by atoms with Crippen LogP contribution in [0.3, 0.4) is 0 Å². The SMILES string of the molecule is O=C1CCC(N2Cc3c(OCC(=O)Nc4cccc(CO)c4)cccc3C2=O)C(=O)N1. The number of fused-ring (bicyclic) bond motifs is 1. The van der Waals surface area contributed by atoms with Crippen LogP contribution in [0.2, 0.25) is 0 Å². The molecule has 9 heteroatoms. The summed E-state index contributed by atoms with van der Waals surface area (Å²) < 4.78 is 5.67. The minimum absolute atomic E-state index is 0.131. The fraction of sp³-hybridized carbons (Fsp3) is 0.273. The van der Waals surface area contributed by atoms with Crippen LogP contribution in [0.1, 0.15) is 34.3 Å². The van der Waals surface area contributed by atoms with Gasteiger partial charge in [0.1, 0.15) is 11.8 Å². The molecule has 0 radical (unpaired) electrons. The Morgan fingerprint density at radius 2 is 2.00 bits per heavy atom. The van der Waals surface area contributed by atoms with Crippen LogP contribution in [0.15, 0.2) is 42.5 Å². The summed E-state index contributed by atoms with van der Waals surface area (Å²) in [7, 11) is 0. The van der Waals surface area contributed by atoms with Gasteiger partial charge in [-0.05, 0) is 36.2 Å². The molecule has 0 saturated carbocycles. The van der Waals surface area contributed by atoms with Gasteiger partial charge in [0.05, 0.1) is 13.2 Å². The van der Waals surface area contributed by atoms with Crippen molar-refractivity contribution in [3.8, 4) is 5.75 Å². The highest BCUT2D eigenvalue weighted by Crippen LogP contribution is 2.33. The van der Waals surface area contributed by atoms with Crippen LogP contribution < -0.4 is 15.4 Å². The molecule has 1 fully saturated rings. The molecule has 4 amide bonds. The van der Waals surface area contributed by atoms with Crippen LogP contribution in [-0.2, 0) is 27.5 Å². The Morgan fingerprint density at radius 1 is 1.19 bits per heavy atom. The Labute approximate surface area is 178 Å². The average Bonchev–Trinajstić information content (AvgIpc) is 3.09. The maximum Gasteiger partial charge on any atom is 0.262 e. The summed E-state index contributed by atoms with van der Waals surface area (Å²) in [5.74, 6) is -1.13. The lowest BCUT2D eigenvalue weighted by Crippen LogP contribution is -2.52. The number of anilines is 1. The van der Waals surface area contributed by atoms with Crippen molar-refractivity contribution >= 4 is 29.3 Å². The minimum atomic E-state index is -0.715. The lowest BCUT2D eigenvalue weighted by molar-refractivity contribution is -0.137. The number of nitrogens with one attached hydrogen (secondary N) is 2. The first-order valence-electron chi connectivity index (χ1n) is 9.85. The van der Waals surface area contributed by atoms with E-state index >= 15 is 0 Å². The highest BCUT2D eigenvalue weighted by atomic mass is 16.5. The van der Waals surface area contributed by atoms with E-state index in [9.17, 15) is 24.3 Å². The number of benzene rings is 2. The van der Waals surface area contributed by atoms with E-state index in [0.717, 1.165) is 0 Å². The largest absolute Gasteiger partial charge is 0.483 e. The zero-order valence-electron chi connectivity index (χ0n) is 16.6. The monoisotopic (exact) mass is 423 g/mol. The van der Waals surface area contributed by atoms with Crippen molar-refractivity contribution in [3.63, 3.8) is 0 Å². The van der Waals surface area contributed by atoms with E-state index in [2.05, 4.69) is 10.6 Å². The first-order chi connectivity index (χ1) is 15.0. The molecule has 9 nitrogen and oxygen atoms in total. The molecule has 0 aromatic heterocycles. The van der Waals surface area contributed by atoms with Gasteiger partial charge in [0, 0.05) is 23.2 Å². The molecule has 2 aromatic carbocycles. The second-order valence-corrected chi connectivity index (χ2v) is 7.38. The van der Waals surface area contributed by atoms with E-state index in [0.29, 0.717) is 28.1 Å². The van der Waals surface area contributed by atoms with Gasteiger partial charge in [-0.3, -0.25) is 24.5 Å².